The summed E-state index contributed by atoms with van der Waals surface area (Å²) < 4.78 is 8.51. The molecule has 0 saturated carbocycles. The van der Waals surface area contributed by atoms with Gasteiger partial charge in [-0.1, -0.05) is 22.9 Å². The first kappa shape index (κ1) is 14.5. The number of hydrogen-bond donors (Lipinski definition) is 1. The van der Waals surface area contributed by atoms with Crippen molar-refractivity contribution in [2.45, 2.75) is 32.4 Å². The molecule has 0 radical (unpaired) electrons. The number of benzene rings is 1. The van der Waals surface area contributed by atoms with E-state index in [1.54, 1.807) is 0 Å². The molecule has 2 atom stereocenters. The lowest BCUT2D eigenvalue weighted by molar-refractivity contribution is 0.0825. The number of rotatable bonds is 4. The van der Waals surface area contributed by atoms with Crippen LogP contribution in [0.4, 0.5) is 5.69 Å². The van der Waals surface area contributed by atoms with E-state index < -0.39 is 0 Å². The normalized spacial score (nSPS) is 21.8. The Morgan fingerprint density at radius 2 is 2.29 bits per heavy atom. The fourth-order valence-electron chi connectivity index (χ4n) is 2.85. The molecule has 0 spiro atoms. The average Bonchev–Trinajstić information content (AvgIpc) is 3.07. The van der Waals surface area contributed by atoms with Gasteiger partial charge in [-0.05, 0) is 41.5 Å². The first-order valence-corrected chi connectivity index (χ1v) is 7.91. The molecule has 112 valence electrons. The molecule has 2 heterocycles. The summed E-state index contributed by atoms with van der Waals surface area (Å²) in [6, 6.07) is 5.71. The van der Waals surface area contributed by atoms with Gasteiger partial charge in [0.05, 0.1) is 12.6 Å². The number of ether oxygens (including phenoxy) is 1. The Labute approximate surface area is 131 Å². The predicted octanol–water partition coefficient (Wildman–Crippen LogP) is 2.50. The van der Waals surface area contributed by atoms with Gasteiger partial charge in [0, 0.05) is 28.2 Å². The van der Waals surface area contributed by atoms with Crippen LogP contribution in [0.1, 0.15) is 19.8 Å². The first-order chi connectivity index (χ1) is 10.2. The van der Waals surface area contributed by atoms with Gasteiger partial charge in [0.15, 0.2) is 5.82 Å². The van der Waals surface area contributed by atoms with E-state index in [0.717, 1.165) is 41.9 Å². The zero-order valence-corrected chi connectivity index (χ0v) is 13.5. The van der Waals surface area contributed by atoms with Gasteiger partial charge in [-0.25, -0.2) is 4.68 Å². The molecule has 0 aliphatic carbocycles. The molecule has 0 amide bonds. The third-order valence-electron chi connectivity index (χ3n) is 3.87. The van der Waals surface area contributed by atoms with Crippen LogP contribution < -0.4 is 5.73 Å². The second-order valence-electron chi connectivity index (χ2n) is 5.32. The van der Waals surface area contributed by atoms with E-state index in [4.69, 9.17) is 10.5 Å². The maximum absolute atomic E-state index is 5.89. The Morgan fingerprint density at radius 1 is 1.43 bits per heavy atom. The van der Waals surface area contributed by atoms with Crippen molar-refractivity contribution in [3.63, 3.8) is 0 Å². The van der Waals surface area contributed by atoms with Gasteiger partial charge in [0.25, 0.3) is 0 Å². The van der Waals surface area contributed by atoms with Crippen molar-refractivity contribution in [1.82, 2.24) is 20.2 Å². The molecule has 1 fully saturated rings. The minimum atomic E-state index is 0.301. The fourth-order valence-corrected chi connectivity index (χ4v) is 3.36. The van der Waals surface area contributed by atoms with Crippen molar-refractivity contribution in [3.05, 3.63) is 22.7 Å². The van der Waals surface area contributed by atoms with E-state index >= 15 is 0 Å². The van der Waals surface area contributed by atoms with Crippen molar-refractivity contribution >= 4 is 21.6 Å². The minimum absolute atomic E-state index is 0.301. The molecule has 2 unspecified atom stereocenters. The van der Waals surface area contributed by atoms with E-state index in [0.29, 0.717) is 17.7 Å². The van der Waals surface area contributed by atoms with Crippen LogP contribution in [0, 0.1) is 5.92 Å². The van der Waals surface area contributed by atoms with Crippen LogP contribution in [0.15, 0.2) is 22.7 Å². The SMILES string of the molecule is CCC1OCCC1Cn1nnnc1-c1cc(N)cc(Br)c1. The maximum atomic E-state index is 5.89. The molecule has 1 aliphatic heterocycles. The lowest BCUT2D eigenvalue weighted by Gasteiger charge is -2.17. The number of hydrogen-bond acceptors (Lipinski definition) is 5. The molecular weight excluding hydrogens is 334 g/mol. The van der Waals surface area contributed by atoms with Crippen LogP contribution in [0.3, 0.4) is 0 Å². The quantitative estimate of drug-likeness (QED) is 0.856. The van der Waals surface area contributed by atoms with Gasteiger partial charge < -0.3 is 10.5 Å². The number of halogens is 1. The Kier molecular flexibility index (Phi) is 4.21. The predicted molar refractivity (Wildman–Crippen MR) is 83.5 cm³/mol. The molecule has 2 N–H and O–H groups in total. The second kappa shape index (κ2) is 6.11. The highest BCUT2D eigenvalue weighted by molar-refractivity contribution is 9.10. The highest BCUT2D eigenvalue weighted by Gasteiger charge is 2.28. The summed E-state index contributed by atoms with van der Waals surface area (Å²) in [7, 11) is 0. The van der Waals surface area contributed by atoms with Crippen molar-refractivity contribution in [2.24, 2.45) is 5.92 Å². The first-order valence-electron chi connectivity index (χ1n) is 7.11. The fraction of sp³-hybridized carbons (Fsp3) is 0.500. The summed E-state index contributed by atoms with van der Waals surface area (Å²) in [6.07, 6.45) is 2.37. The molecule has 3 rings (SSSR count). The molecule has 2 aromatic rings. The zero-order chi connectivity index (χ0) is 14.8. The number of nitrogen functional groups attached to an aromatic ring is 1. The molecule has 1 saturated heterocycles. The number of anilines is 1. The van der Waals surface area contributed by atoms with Crippen molar-refractivity contribution in [3.8, 4) is 11.4 Å². The molecular formula is C14H18BrN5O. The second-order valence-corrected chi connectivity index (χ2v) is 6.24. The van der Waals surface area contributed by atoms with Gasteiger partial charge in [-0.3, -0.25) is 0 Å². The highest BCUT2D eigenvalue weighted by atomic mass is 79.9. The summed E-state index contributed by atoms with van der Waals surface area (Å²) >= 11 is 3.45. The van der Waals surface area contributed by atoms with E-state index in [2.05, 4.69) is 38.4 Å². The molecule has 7 heteroatoms. The molecule has 1 aromatic carbocycles. The number of aromatic nitrogens is 4. The topological polar surface area (TPSA) is 78.8 Å². The van der Waals surface area contributed by atoms with E-state index in [1.165, 1.54) is 0 Å². The van der Waals surface area contributed by atoms with Gasteiger partial charge in [0.1, 0.15) is 0 Å². The highest BCUT2D eigenvalue weighted by Crippen LogP contribution is 2.28. The molecule has 1 aromatic heterocycles. The van der Waals surface area contributed by atoms with Crippen molar-refractivity contribution in [2.75, 3.05) is 12.3 Å². The number of nitrogens with zero attached hydrogens (tertiary/aromatic N) is 4. The molecule has 1 aliphatic rings. The van der Waals surface area contributed by atoms with Crippen LogP contribution in [0.5, 0.6) is 0 Å². The Hall–Kier alpha value is -1.47. The van der Waals surface area contributed by atoms with Crippen molar-refractivity contribution in [1.29, 1.82) is 0 Å². The van der Waals surface area contributed by atoms with Gasteiger partial charge in [0.2, 0.25) is 0 Å². The zero-order valence-electron chi connectivity index (χ0n) is 11.9. The Morgan fingerprint density at radius 3 is 3.05 bits per heavy atom. The van der Waals surface area contributed by atoms with Gasteiger partial charge in [-0.15, -0.1) is 5.10 Å². The van der Waals surface area contributed by atoms with Gasteiger partial charge >= 0.3 is 0 Å². The monoisotopic (exact) mass is 351 g/mol. The Bertz CT molecular complexity index is 609. The molecule has 0 bridgehead atoms. The summed E-state index contributed by atoms with van der Waals surface area (Å²) in [4.78, 5) is 0. The number of tetrazole rings is 1. The smallest absolute Gasteiger partial charge is 0.182 e. The van der Waals surface area contributed by atoms with Crippen LogP contribution in [-0.2, 0) is 11.3 Å². The third kappa shape index (κ3) is 3.08. The lowest BCUT2D eigenvalue weighted by atomic mass is 9.99. The number of nitrogens with two attached hydrogens (primary N) is 1. The van der Waals surface area contributed by atoms with E-state index in [1.807, 2.05) is 22.9 Å². The van der Waals surface area contributed by atoms with Crippen LogP contribution in [-0.4, -0.2) is 32.9 Å². The molecule has 6 nitrogen and oxygen atoms in total. The van der Waals surface area contributed by atoms with Crippen molar-refractivity contribution < 1.29 is 4.74 Å². The van der Waals surface area contributed by atoms with E-state index in [-0.39, 0.29) is 0 Å². The van der Waals surface area contributed by atoms with Gasteiger partial charge in [-0.2, -0.15) is 0 Å². The average molecular weight is 352 g/mol. The summed E-state index contributed by atoms with van der Waals surface area (Å²) in [5.41, 5.74) is 7.50. The van der Waals surface area contributed by atoms with Crippen LogP contribution >= 0.6 is 15.9 Å². The molecule has 21 heavy (non-hydrogen) atoms. The van der Waals surface area contributed by atoms with Crippen LogP contribution in [0.2, 0.25) is 0 Å². The third-order valence-corrected chi connectivity index (χ3v) is 4.32. The lowest BCUT2D eigenvalue weighted by Crippen LogP contribution is -2.21. The maximum Gasteiger partial charge on any atom is 0.182 e. The van der Waals surface area contributed by atoms with Crippen LogP contribution in [0.25, 0.3) is 11.4 Å². The summed E-state index contributed by atoms with van der Waals surface area (Å²) in [5, 5.41) is 12.1. The standard InChI is InChI=1S/C14H18BrN5O/c1-2-13-9(3-4-21-13)8-20-14(17-18-19-20)10-5-11(15)7-12(16)6-10/h5-7,9,13H,2-4,8,16H2,1H3. The summed E-state index contributed by atoms with van der Waals surface area (Å²) in [5.74, 6) is 1.20. The summed E-state index contributed by atoms with van der Waals surface area (Å²) in [6.45, 7) is 3.75. The minimum Gasteiger partial charge on any atom is -0.399 e. The largest absolute Gasteiger partial charge is 0.399 e. The van der Waals surface area contributed by atoms with E-state index in [9.17, 15) is 0 Å². The Balaban J connectivity index is 1.87.